The van der Waals surface area contributed by atoms with Crippen molar-refractivity contribution in [2.45, 2.75) is 39.9 Å². The van der Waals surface area contributed by atoms with Crippen LogP contribution >= 0.6 is 0 Å². The van der Waals surface area contributed by atoms with Crippen molar-refractivity contribution in [3.05, 3.63) is 49.5 Å². The van der Waals surface area contributed by atoms with Crippen LogP contribution in [0.2, 0.25) is 0 Å². The van der Waals surface area contributed by atoms with Gasteiger partial charge in [0.2, 0.25) is 5.91 Å². The molecule has 0 bridgehead atoms. The normalized spacial score (nSPS) is 12.8. The van der Waals surface area contributed by atoms with Gasteiger partial charge < -0.3 is 10.3 Å². The molecular formula is C16H20F3N5O3. The van der Waals surface area contributed by atoms with E-state index in [4.69, 9.17) is 0 Å². The fourth-order valence-electron chi connectivity index (χ4n) is 2.62. The number of aryl methyl sites for hydroxylation is 2. The highest BCUT2D eigenvalue weighted by Gasteiger charge is 2.35. The van der Waals surface area contributed by atoms with Gasteiger partial charge in [0.1, 0.15) is 5.69 Å². The third-order valence-electron chi connectivity index (χ3n) is 3.92. The Bertz CT molecular complexity index is 942. The summed E-state index contributed by atoms with van der Waals surface area (Å²) in [5.74, 6) is -0.806. The highest BCUT2D eigenvalue weighted by atomic mass is 19.4. The Morgan fingerprint density at radius 2 is 1.96 bits per heavy atom. The first-order valence-corrected chi connectivity index (χ1v) is 8.17. The summed E-state index contributed by atoms with van der Waals surface area (Å²) in [6.45, 7) is 4.73. The van der Waals surface area contributed by atoms with E-state index in [1.165, 1.54) is 13.8 Å². The van der Waals surface area contributed by atoms with Crippen molar-refractivity contribution in [2.75, 3.05) is 6.54 Å². The molecule has 0 saturated heterocycles. The summed E-state index contributed by atoms with van der Waals surface area (Å²) in [5, 5.41) is 6.43. The van der Waals surface area contributed by atoms with E-state index < -0.39 is 29.0 Å². The number of alkyl halides is 3. The zero-order valence-corrected chi connectivity index (χ0v) is 15.0. The van der Waals surface area contributed by atoms with Gasteiger partial charge in [0.25, 0.3) is 5.56 Å². The van der Waals surface area contributed by atoms with Gasteiger partial charge in [-0.05, 0) is 25.8 Å². The summed E-state index contributed by atoms with van der Waals surface area (Å²) < 4.78 is 39.8. The first-order chi connectivity index (χ1) is 12.5. The number of H-pyrrole nitrogens is 2. The predicted molar refractivity (Wildman–Crippen MR) is 90.3 cm³/mol. The molecule has 2 heterocycles. The number of halogens is 3. The van der Waals surface area contributed by atoms with Gasteiger partial charge in [0.05, 0.1) is 12.1 Å². The minimum atomic E-state index is -4.51. The van der Waals surface area contributed by atoms with Gasteiger partial charge in [-0.2, -0.15) is 18.3 Å². The average molecular weight is 387 g/mol. The number of carbonyl (C=O) groups is 1. The SMILES string of the molecule is Cc1cc(C(F)(F)F)n(CC(C)CNC(=O)Cc2c(C)[nH]c(=O)[nH]c2=O)n1. The molecule has 0 aliphatic heterocycles. The molecule has 2 aromatic heterocycles. The van der Waals surface area contributed by atoms with Crippen LogP contribution in [0, 0.1) is 19.8 Å². The van der Waals surface area contributed by atoms with Crippen molar-refractivity contribution in [3.63, 3.8) is 0 Å². The van der Waals surface area contributed by atoms with Crippen molar-refractivity contribution in [1.82, 2.24) is 25.1 Å². The number of rotatable bonds is 6. The molecular weight excluding hydrogens is 367 g/mol. The van der Waals surface area contributed by atoms with Crippen LogP contribution in [-0.4, -0.2) is 32.2 Å². The van der Waals surface area contributed by atoms with E-state index in [1.54, 1.807) is 6.92 Å². The molecule has 27 heavy (non-hydrogen) atoms. The van der Waals surface area contributed by atoms with Crippen LogP contribution in [0.4, 0.5) is 13.2 Å². The third kappa shape index (κ3) is 5.31. The smallest absolute Gasteiger partial charge is 0.355 e. The molecule has 0 aliphatic carbocycles. The minimum Gasteiger partial charge on any atom is -0.355 e. The highest BCUT2D eigenvalue weighted by Crippen LogP contribution is 2.30. The Balaban J connectivity index is 1.97. The van der Waals surface area contributed by atoms with Gasteiger partial charge >= 0.3 is 11.9 Å². The number of aromatic amines is 2. The fourth-order valence-corrected chi connectivity index (χ4v) is 2.62. The molecule has 0 spiro atoms. The number of nitrogens with zero attached hydrogens (tertiary/aromatic N) is 2. The van der Waals surface area contributed by atoms with Gasteiger partial charge in [-0.3, -0.25) is 19.3 Å². The van der Waals surface area contributed by atoms with Gasteiger partial charge in [-0.25, -0.2) is 4.79 Å². The standard InChI is InChI=1S/C16H20F3N5O3/c1-8(7-24-12(16(17,18)19)4-9(2)23-24)6-20-13(25)5-11-10(3)21-15(27)22-14(11)26/h4,8H,5-7H2,1-3H3,(H,20,25)(H2,21,22,26,27). The van der Waals surface area contributed by atoms with Crippen LogP contribution < -0.4 is 16.6 Å². The van der Waals surface area contributed by atoms with E-state index in [-0.39, 0.29) is 42.4 Å². The largest absolute Gasteiger partial charge is 0.433 e. The molecule has 3 N–H and O–H groups in total. The Morgan fingerprint density at radius 1 is 1.30 bits per heavy atom. The summed E-state index contributed by atoms with van der Waals surface area (Å²) in [6, 6.07) is 0.969. The molecule has 0 fully saturated rings. The van der Waals surface area contributed by atoms with Crippen LogP contribution in [0.5, 0.6) is 0 Å². The first kappa shape index (κ1) is 20.5. The topological polar surface area (TPSA) is 113 Å². The third-order valence-corrected chi connectivity index (χ3v) is 3.92. The molecule has 1 amide bonds. The van der Waals surface area contributed by atoms with Crippen LogP contribution in [-0.2, 0) is 23.9 Å². The fraction of sp³-hybridized carbons (Fsp3) is 0.500. The molecule has 2 aromatic rings. The molecule has 1 unspecified atom stereocenters. The van der Waals surface area contributed by atoms with Crippen molar-refractivity contribution in [3.8, 4) is 0 Å². The molecule has 2 rings (SSSR count). The lowest BCUT2D eigenvalue weighted by atomic mass is 10.1. The second-order valence-corrected chi connectivity index (χ2v) is 6.45. The van der Waals surface area contributed by atoms with E-state index in [9.17, 15) is 27.6 Å². The summed E-state index contributed by atoms with van der Waals surface area (Å²) in [7, 11) is 0. The van der Waals surface area contributed by atoms with E-state index in [0.29, 0.717) is 0 Å². The Hall–Kier alpha value is -2.85. The molecule has 148 valence electrons. The van der Waals surface area contributed by atoms with E-state index in [1.807, 2.05) is 4.98 Å². The molecule has 11 heteroatoms. The van der Waals surface area contributed by atoms with Crippen molar-refractivity contribution in [2.24, 2.45) is 5.92 Å². The molecule has 0 radical (unpaired) electrons. The Morgan fingerprint density at radius 3 is 2.56 bits per heavy atom. The molecule has 8 nitrogen and oxygen atoms in total. The first-order valence-electron chi connectivity index (χ1n) is 8.17. The average Bonchev–Trinajstić information content (AvgIpc) is 2.89. The van der Waals surface area contributed by atoms with Crippen LogP contribution in [0.1, 0.15) is 29.6 Å². The maximum atomic E-state index is 13.0. The Labute approximate surface area is 151 Å². The molecule has 0 saturated carbocycles. The lowest BCUT2D eigenvalue weighted by molar-refractivity contribution is -0.144. The summed E-state index contributed by atoms with van der Waals surface area (Å²) >= 11 is 0. The Kier molecular flexibility index (Phi) is 5.91. The van der Waals surface area contributed by atoms with Crippen molar-refractivity contribution < 1.29 is 18.0 Å². The van der Waals surface area contributed by atoms with Crippen LogP contribution in [0.3, 0.4) is 0 Å². The molecule has 0 aliphatic rings. The minimum absolute atomic E-state index is 0.0266. The van der Waals surface area contributed by atoms with Crippen LogP contribution in [0.15, 0.2) is 15.7 Å². The number of amides is 1. The number of hydrogen-bond donors (Lipinski definition) is 3. The van der Waals surface area contributed by atoms with Crippen molar-refractivity contribution in [1.29, 1.82) is 0 Å². The van der Waals surface area contributed by atoms with Crippen molar-refractivity contribution >= 4 is 5.91 Å². The van der Waals surface area contributed by atoms with Gasteiger partial charge in [0, 0.05) is 24.3 Å². The van der Waals surface area contributed by atoms with Gasteiger partial charge in [-0.15, -0.1) is 0 Å². The zero-order chi connectivity index (χ0) is 20.4. The van der Waals surface area contributed by atoms with E-state index >= 15 is 0 Å². The monoisotopic (exact) mass is 387 g/mol. The summed E-state index contributed by atoms with van der Waals surface area (Å²) in [5.41, 5.74) is -1.48. The van der Waals surface area contributed by atoms with E-state index in [2.05, 4.69) is 15.4 Å². The molecule has 1 atom stereocenters. The highest BCUT2D eigenvalue weighted by molar-refractivity contribution is 5.78. The maximum Gasteiger partial charge on any atom is 0.433 e. The predicted octanol–water partition coefficient (Wildman–Crippen LogP) is 0.890. The number of hydrogen-bond acceptors (Lipinski definition) is 4. The number of carbonyl (C=O) groups excluding carboxylic acids is 1. The quantitative estimate of drug-likeness (QED) is 0.683. The number of aromatic nitrogens is 4. The summed E-state index contributed by atoms with van der Waals surface area (Å²) in [6.07, 6.45) is -4.76. The van der Waals surface area contributed by atoms with Gasteiger partial charge in [-0.1, -0.05) is 6.92 Å². The second kappa shape index (κ2) is 7.80. The van der Waals surface area contributed by atoms with Gasteiger partial charge in [0.15, 0.2) is 0 Å². The second-order valence-electron chi connectivity index (χ2n) is 6.45. The van der Waals surface area contributed by atoms with E-state index in [0.717, 1.165) is 10.7 Å². The lowest BCUT2D eigenvalue weighted by Crippen LogP contribution is -2.35. The molecule has 0 aromatic carbocycles. The number of nitrogens with one attached hydrogen (secondary N) is 3. The summed E-state index contributed by atoms with van der Waals surface area (Å²) in [4.78, 5) is 39.3. The maximum absolute atomic E-state index is 13.0. The lowest BCUT2D eigenvalue weighted by Gasteiger charge is -2.16. The zero-order valence-electron chi connectivity index (χ0n) is 15.0. The van der Waals surface area contributed by atoms with Crippen LogP contribution in [0.25, 0.3) is 0 Å².